The van der Waals surface area contributed by atoms with Crippen molar-refractivity contribution in [1.29, 1.82) is 0 Å². The molecule has 2 N–H and O–H groups in total. The molecule has 0 fully saturated rings. The van der Waals surface area contributed by atoms with Crippen molar-refractivity contribution in [1.82, 2.24) is 0 Å². The van der Waals surface area contributed by atoms with Crippen molar-refractivity contribution in [2.24, 2.45) is 11.7 Å². The van der Waals surface area contributed by atoms with Gasteiger partial charge in [0.2, 0.25) is 0 Å². The molecular formula is C14H31N. The molecule has 0 saturated heterocycles. The second-order valence-electron chi connectivity index (χ2n) is 4.92. The van der Waals surface area contributed by atoms with Crippen LogP contribution in [-0.2, 0) is 0 Å². The summed E-state index contributed by atoms with van der Waals surface area (Å²) in [6.45, 7) is 9.03. The van der Waals surface area contributed by atoms with Crippen LogP contribution in [0.25, 0.3) is 0 Å². The Morgan fingerprint density at radius 1 is 0.867 bits per heavy atom. The summed E-state index contributed by atoms with van der Waals surface area (Å²) in [5, 5.41) is 0. The summed E-state index contributed by atoms with van der Waals surface area (Å²) in [4.78, 5) is 0. The van der Waals surface area contributed by atoms with Gasteiger partial charge in [0.05, 0.1) is 0 Å². The Balaban J connectivity index is 4.21. The molecule has 0 aliphatic heterocycles. The van der Waals surface area contributed by atoms with Crippen molar-refractivity contribution >= 4 is 0 Å². The van der Waals surface area contributed by atoms with E-state index < -0.39 is 0 Å². The van der Waals surface area contributed by atoms with Crippen LogP contribution < -0.4 is 5.73 Å². The van der Waals surface area contributed by atoms with Crippen molar-refractivity contribution in [3.05, 3.63) is 0 Å². The second-order valence-corrected chi connectivity index (χ2v) is 4.92. The first kappa shape index (κ1) is 15.0. The molecule has 0 amide bonds. The van der Waals surface area contributed by atoms with Crippen molar-refractivity contribution in [3.63, 3.8) is 0 Å². The minimum Gasteiger partial charge on any atom is -0.325 e. The Morgan fingerprint density at radius 3 is 1.87 bits per heavy atom. The van der Waals surface area contributed by atoms with E-state index in [1.807, 2.05) is 0 Å². The molecule has 0 rings (SSSR count). The normalized spacial score (nSPS) is 14.2. The highest BCUT2D eigenvalue weighted by atomic mass is 14.7. The van der Waals surface area contributed by atoms with Gasteiger partial charge in [-0.2, -0.15) is 0 Å². The molecule has 0 radical (unpaired) electrons. The minimum absolute atomic E-state index is 0.101. The molecule has 1 atom stereocenters. The molecule has 92 valence electrons. The van der Waals surface area contributed by atoms with Crippen LogP contribution in [0, 0.1) is 5.92 Å². The maximum atomic E-state index is 6.51. The summed E-state index contributed by atoms with van der Waals surface area (Å²) in [5.74, 6) is 0.740. The monoisotopic (exact) mass is 213 g/mol. The molecule has 1 heteroatoms. The summed E-state index contributed by atoms with van der Waals surface area (Å²) < 4.78 is 0. The van der Waals surface area contributed by atoms with E-state index in [1.54, 1.807) is 0 Å². The fraction of sp³-hybridized carbons (Fsp3) is 1.00. The van der Waals surface area contributed by atoms with Crippen LogP contribution in [0.1, 0.15) is 79.1 Å². The van der Waals surface area contributed by atoms with E-state index in [2.05, 4.69) is 27.7 Å². The van der Waals surface area contributed by atoms with Gasteiger partial charge in [0.1, 0.15) is 0 Å². The largest absolute Gasteiger partial charge is 0.325 e. The molecule has 1 unspecified atom stereocenters. The Labute approximate surface area is 96.8 Å². The van der Waals surface area contributed by atoms with E-state index in [0.717, 1.165) is 18.8 Å². The molecule has 0 aliphatic rings. The predicted octanol–water partition coefficient (Wildman–Crippen LogP) is 4.50. The Hall–Kier alpha value is -0.0400. The lowest BCUT2D eigenvalue weighted by atomic mass is 9.75. The van der Waals surface area contributed by atoms with E-state index in [-0.39, 0.29) is 5.54 Å². The third-order valence-corrected chi connectivity index (χ3v) is 3.92. The van der Waals surface area contributed by atoms with Crippen LogP contribution in [0.2, 0.25) is 0 Å². The van der Waals surface area contributed by atoms with Crippen LogP contribution in [0.3, 0.4) is 0 Å². The van der Waals surface area contributed by atoms with Gasteiger partial charge in [0, 0.05) is 5.54 Å². The van der Waals surface area contributed by atoms with Gasteiger partial charge in [-0.05, 0) is 31.6 Å². The number of rotatable bonds is 9. The second kappa shape index (κ2) is 8.15. The Bertz CT molecular complexity index is 138. The molecule has 0 saturated carbocycles. The van der Waals surface area contributed by atoms with Crippen LogP contribution in [-0.4, -0.2) is 5.54 Å². The minimum atomic E-state index is 0.101. The topological polar surface area (TPSA) is 26.0 Å². The van der Waals surface area contributed by atoms with Gasteiger partial charge in [-0.15, -0.1) is 0 Å². The summed E-state index contributed by atoms with van der Waals surface area (Å²) in [6.07, 6.45) is 10.2. The van der Waals surface area contributed by atoms with Crippen molar-refractivity contribution < 1.29 is 0 Å². The summed E-state index contributed by atoms with van der Waals surface area (Å²) in [7, 11) is 0. The quantitative estimate of drug-likeness (QED) is 0.561. The van der Waals surface area contributed by atoms with Gasteiger partial charge in [0.25, 0.3) is 0 Å². The van der Waals surface area contributed by atoms with Gasteiger partial charge < -0.3 is 5.73 Å². The fourth-order valence-electron chi connectivity index (χ4n) is 2.54. The number of nitrogens with two attached hydrogens (primary N) is 1. The molecule has 1 nitrogen and oxygen atoms in total. The van der Waals surface area contributed by atoms with Gasteiger partial charge in [0.15, 0.2) is 0 Å². The third kappa shape index (κ3) is 5.01. The van der Waals surface area contributed by atoms with E-state index in [0.29, 0.717) is 0 Å². The molecule has 15 heavy (non-hydrogen) atoms. The van der Waals surface area contributed by atoms with Crippen LogP contribution in [0.4, 0.5) is 0 Å². The zero-order chi connectivity index (χ0) is 11.7. The average Bonchev–Trinajstić information content (AvgIpc) is 2.27. The van der Waals surface area contributed by atoms with E-state index in [4.69, 9.17) is 5.73 Å². The molecule has 0 bridgehead atoms. The van der Waals surface area contributed by atoms with Crippen LogP contribution in [0.5, 0.6) is 0 Å². The fourth-order valence-corrected chi connectivity index (χ4v) is 2.54. The van der Waals surface area contributed by atoms with Crippen molar-refractivity contribution in [2.75, 3.05) is 0 Å². The van der Waals surface area contributed by atoms with Gasteiger partial charge in [-0.3, -0.25) is 0 Å². The van der Waals surface area contributed by atoms with Crippen LogP contribution >= 0.6 is 0 Å². The predicted molar refractivity (Wildman–Crippen MR) is 70.0 cm³/mol. The zero-order valence-corrected chi connectivity index (χ0v) is 11.3. The van der Waals surface area contributed by atoms with E-state index >= 15 is 0 Å². The summed E-state index contributed by atoms with van der Waals surface area (Å²) >= 11 is 0. The summed E-state index contributed by atoms with van der Waals surface area (Å²) in [6, 6.07) is 0. The van der Waals surface area contributed by atoms with Crippen molar-refractivity contribution in [2.45, 2.75) is 84.6 Å². The highest BCUT2D eigenvalue weighted by molar-refractivity contribution is 4.88. The zero-order valence-electron chi connectivity index (χ0n) is 11.3. The number of unbranched alkanes of at least 4 members (excludes halogenated alkanes) is 2. The molecular weight excluding hydrogens is 182 g/mol. The molecule has 0 aromatic carbocycles. The maximum absolute atomic E-state index is 6.51. The lowest BCUT2D eigenvalue weighted by Gasteiger charge is -2.36. The summed E-state index contributed by atoms with van der Waals surface area (Å²) in [5.41, 5.74) is 6.61. The molecule has 0 spiro atoms. The third-order valence-electron chi connectivity index (χ3n) is 3.92. The molecule has 0 aromatic rings. The van der Waals surface area contributed by atoms with Gasteiger partial charge in [-0.1, -0.05) is 53.4 Å². The molecule has 0 aliphatic carbocycles. The first-order valence-corrected chi connectivity index (χ1v) is 6.93. The number of hydrogen-bond donors (Lipinski definition) is 1. The lowest BCUT2D eigenvalue weighted by molar-refractivity contribution is 0.217. The molecule has 0 aromatic heterocycles. The van der Waals surface area contributed by atoms with E-state index in [9.17, 15) is 0 Å². The highest BCUT2D eigenvalue weighted by Crippen LogP contribution is 2.30. The van der Waals surface area contributed by atoms with Crippen LogP contribution in [0.15, 0.2) is 0 Å². The standard InChI is InChI=1S/C14H31N/c1-5-9-10-12-13(11-6-2)14(15,7-3)8-4/h13H,5-12,15H2,1-4H3. The van der Waals surface area contributed by atoms with Gasteiger partial charge in [-0.25, -0.2) is 0 Å². The lowest BCUT2D eigenvalue weighted by Crippen LogP contribution is -2.46. The van der Waals surface area contributed by atoms with Gasteiger partial charge >= 0.3 is 0 Å². The average molecular weight is 213 g/mol. The smallest absolute Gasteiger partial charge is 0.0177 e. The first-order valence-electron chi connectivity index (χ1n) is 6.93. The maximum Gasteiger partial charge on any atom is 0.0177 e. The Morgan fingerprint density at radius 2 is 1.47 bits per heavy atom. The number of hydrogen-bond acceptors (Lipinski definition) is 1. The molecule has 0 heterocycles. The van der Waals surface area contributed by atoms with E-state index in [1.165, 1.54) is 38.5 Å². The SMILES string of the molecule is CCCCCC(CCC)C(N)(CC)CC. The Kier molecular flexibility index (Phi) is 8.13. The van der Waals surface area contributed by atoms with Crippen molar-refractivity contribution in [3.8, 4) is 0 Å². The first-order chi connectivity index (χ1) is 7.14. The highest BCUT2D eigenvalue weighted by Gasteiger charge is 2.29.